The summed E-state index contributed by atoms with van der Waals surface area (Å²) in [5.74, 6) is 0.578. The first-order chi connectivity index (χ1) is 37.4. The summed E-state index contributed by atoms with van der Waals surface area (Å²) < 4.78 is 155. The fourth-order valence-corrected chi connectivity index (χ4v) is 9.25. The molecular formula is C52H60F10N10O8. The standard InChI is InChI=1S/C52H60F10N10O8/c1-49(2,51(57,58)59)42(66-48(78)80-6)44(74)64-39(21-30-10-7-29(8-11-30)9-12-31-13-16-41(63-24-31)69-25-33-14-15-34(26-69)71(33)19-20-79-5)40(73)28-70(68-45(75)43(65-47(76)77)50(3,4)52(60,61)62)27-35-36(53)22-32(23-37(35)54)38-17-18-72(67-38)46(55)56/h7-8,10-11,13,16-18,22-24,33-34,39-40,42-43,46,65,73H,14-15,19-21,25-28H2,1-6H3,(H,64,74)(H,66,78)(H,68,75)(H,76,77)/t33?,34?,39-,40-,42+,43+/m0/s1. The largest absolute Gasteiger partial charge is 0.465 e. The Morgan fingerprint density at radius 1 is 0.812 bits per heavy atom. The predicted molar refractivity (Wildman–Crippen MR) is 267 cm³/mol. The molecule has 6 atom stereocenters. The minimum atomic E-state index is -5.29. The zero-order valence-electron chi connectivity index (χ0n) is 44.1. The Kier molecular flexibility index (Phi) is 19.7. The number of aromatic nitrogens is 3. The lowest BCUT2D eigenvalue weighted by molar-refractivity contribution is -0.221. The van der Waals surface area contributed by atoms with E-state index in [0.717, 1.165) is 57.7 Å². The number of nitrogens with one attached hydrogen (secondary N) is 4. The van der Waals surface area contributed by atoms with E-state index in [1.54, 1.807) is 13.3 Å². The molecule has 0 radical (unpaired) electrons. The van der Waals surface area contributed by atoms with Gasteiger partial charge in [0.25, 0.3) is 5.91 Å². The summed E-state index contributed by atoms with van der Waals surface area (Å²) in [6.07, 6.45) is -12.1. The van der Waals surface area contributed by atoms with E-state index in [2.05, 4.69) is 41.8 Å². The number of carbonyl (C=O) groups excluding carboxylic acids is 3. The number of hydrazine groups is 1. The Morgan fingerprint density at radius 3 is 1.90 bits per heavy atom. The number of anilines is 1. The molecule has 0 saturated carbocycles. The highest BCUT2D eigenvalue weighted by Crippen LogP contribution is 2.42. The number of aliphatic hydroxyl groups excluding tert-OH is 1. The highest BCUT2D eigenvalue weighted by atomic mass is 19.4. The van der Waals surface area contributed by atoms with Gasteiger partial charge in [-0.05, 0) is 95.0 Å². The first-order valence-electron chi connectivity index (χ1n) is 24.8. The number of hydrogen-bond acceptors (Lipinski definition) is 12. The molecule has 2 aromatic heterocycles. The average molecular weight is 1140 g/mol. The van der Waals surface area contributed by atoms with Crippen LogP contribution < -0.4 is 26.3 Å². The summed E-state index contributed by atoms with van der Waals surface area (Å²) in [5.41, 5.74) is -4.69. The quantitative estimate of drug-likeness (QED) is 0.0289. The minimum absolute atomic E-state index is 0.187. The third-order valence-electron chi connectivity index (χ3n) is 14.2. The third kappa shape index (κ3) is 15.0. The van der Waals surface area contributed by atoms with Gasteiger partial charge in [0.15, 0.2) is 0 Å². The maximum absolute atomic E-state index is 16.0. The van der Waals surface area contributed by atoms with Crippen LogP contribution in [-0.2, 0) is 32.0 Å². The number of benzene rings is 2. The summed E-state index contributed by atoms with van der Waals surface area (Å²) in [6, 6.07) is 5.79. The molecule has 2 bridgehead atoms. The highest BCUT2D eigenvalue weighted by Gasteiger charge is 2.57. The van der Waals surface area contributed by atoms with Crippen molar-refractivity contribution < 1.29 is 82.8 Å². The molecule has 2 aliphatic heterocycles. The van der Waals surface area contributed by atoms with E-state index >= 15 is 8.78 Å². The second-order valence-electron chi connectivity index (χ2n) is 20.4. The number of hydrogen-bond donors (Lipinski definition) is 6. The van der Waals surface area contributed by atoms with E-state index in [-0.39, 0.29) is 21.5 Å². The van der Waals surface area contributed by atoms with Crippen LogP contribution in [0.2, 0.25) is 0 Å². The number of nitrogens with zero attached hydrogens (tertiary/aromatic N) is 6. The summed E-state index contributed by atoms with van der Waals surface area (Å²) in [7, 11) is 2.49. The number of carboxylic acid groups (broad SMARTS) is 1. The number of ether oxygens (including phenoxy) is 2. The topological polar surface area (TPSA) is 216 Å². The van der Waals surface area contributed by atoms with Crippen LogP contribution in [0.4, 0.5) is 59.3 Å². The van der Waals surface area contributed by atoms with Gasteiger partial charge in [-0.2, -0.15) is 40.2 Å². The molecular weight excluding hydrogens is 1080 g/mol. The van der Waals surface area contributed by atoms with Crippen molar-refractivity contribution in [2.24, 2.45) is 10.8 Å². The number of methoxy groups -OCH3 is 2. The van der Waals surface area contributed by atoms with Crippen molar-refractivity contribution in [1.82, 2.24) is 46.0 Å². The molecule has 2 fully saturated rings. The van der Waals surface area contributed by atoms with E-state index in [1.165, 1.54) is 29.6 Å². The van der Waals surface area contributed by atoms with Gasteiger partial charge in [-0.25, -0.2) is 33.0 Å². The molecule has 80 heavy (non-hydrogen) atoms. The Labute approximate surface area is 453 Å². The molecule has 4 amide bonds. The number of alkyl halides is 8. The Balaban J connectivity index is 1.31. The van der Waals surface area contributed by atoms with Gasteiger partial charge >= 0.3 is 31.1 Å². The van der Waals surface area contributed by atoms with Crippen molar-refractivity contribution in [2.45, 2.75) is 109 Å². The SMILES string of the molecule is COCCN1C2CCC1CN(c1ccc(C#Cc3ccc(C[C@H](NC(=O)[C@@H](NC(=O)OC)C(C)(C)C(F)(F)F)[C@@H](O)CN(Cc4c(F)cc(-c5ccn(C(F)F)n5)cc4F)NC(=O)[C@@H](NC(=O)O)C(C)(C)C(F)(F)F)cc3)cn1)C2. The van der Waals surface area contributed by atoms with Crippen LogP contribution in [-0.4, -0.2) is 155 Å². The Bertz CT molecular complexity index is 2840. The van der Waals surface area contributed by atoms with Gasteiger partial charge in [0.1, 0.15) is 29.5 Å². The van der Waals surface area contributed by atoms with Gasteiger partial charge in [0.05, 0.1) is 42.4 Å². The fraction of sp³-hybridized carbons (Fsp3) is 0.500. The number of halogens is 10. The second kappa shape index (κ2) is 25.5. The van der Waals surface area contributed by atoms with Gasteiger partial charge in [-0.15, -0.1) is 0 Å². The highest BCUT2D eigenvalue weighted by molar-refractivity contribution is 5.87. The lowest BCUT2D eigenvalue weighted by Gasteiger charge is -2.41. The molecule has 0 spiro atoms. The van der Waals surface area contributed by atoms with Crippen LogP contribution in [0.1, 0.15) is 69.3 Å². The number of aliphatic hydroxyl groups is 1. The van der Waals surface area contributed by atoms with E-state index in [1.807, 2.05) is 22.9 Å². The van der Waals surface area contributed by atoms with Crippen molar-refractivity contribution in [3.05, 3.63) is 101 Å². The normalized spacial score (nSPS) is 17.5. The van der Waals surface area contributed by atoms with Crippen LogP contribution in [0.25, 0.3) is 11.3 Å². The number of carbonyl (C=O) groups is 4. The number of piperazine rings is 1. The van der Waals surface area contributed by atoms with E-state index in [9.17, 15) is 64.5 Å². The molecule has 2 aromatic carbocycles. The fourth-order valence-electron chi connectivity index (χ4n) is 9.25. The molecule has 0 aliphatic carbocycles. The molecule has 4 aromatic rings. The first-order valence-corrected chi connectivity index (χ1v) is 24.8. The van der Waals surface area contributed by atoms with Gasteiger partial charge in [-0.1, -0.05) is 24.0 Å². The molecule has 436 valence electrons. The van der Waals surface area contributed by atoms with Gasteiger partial charge in [0, 0.05) is 86.6 Å². The van der Waals surface area contributed by atoms with Gasteiger partial charge in [-0.3, -0.25) is 19.9 Å². The maximum atomic E-state index is 16.0. The van der Waals surface area contributed by atoms with Gasteiger partial charge in [0.2, 0.25) is 5.91 Å². The first kappa shape index (κ1) is 62.0. The number of pyridine rings is 1. The smallest absolute Gasteiger partial charge is 0.407 e. The van der Waals surface area contributed by atoms with Crippen LogP contribution in [0.5, 0.6) is 0 Å². The third-order valence-corrected chi connectivity index (χ3v) is 14.2. The number of amides is 4. The zero-order chi connectivity index (χ0) is 59.1. The van der Waals surface area contributed by atoms with Crippen molar-refractivity contribution in [3.63, 3.8) is 0 Å². The van der Waals surface area contributed by atoms with Gasteiger partial charge < -0.3 is 40.5 Å². The number of fused-ring (bicyclic) bond motifs is 2. The summed E-state index contributed by atoms with van der Waals surface area (Å²) in [5, 5.41) is 31.1. The van der Waals surface area contributed by atoms with Crippen molar-refractivity contribution in [2.75, 3.05) is 51.9 Å². The molecule has 6 N–H and O–H groups in total. The molecule has 6 rings (SSSR count). The average Bonchev–Trinajstić information content (AvgIpc) is 4.08. The second-order valence-corrected chi connectivity index (χ2v) is 20.4. The Hall–Kier alpha value is -7.22. The zero-order valence-corrected chi connectivity index (χ0v) is 44.1. The van der Waals surface area contributed by atoms with Crippen LogP contribution in [0.15, 0.2) is 67.0 Å². The molecule has 4 heterocycles. The maximum Gasteiger partial charge on any atom is 0.407 e. The lowest BCUT2D eigenvalue weighted by atomic mass is 9.82. The molecule has 2 aliphatic rings. The molecule has 18 nitrogen and oxygen atoms in total. The van der Waals surface area contributed by atoms with Crippen LogP contribution >= 0.6 is 0 Å². The Morgan fingerprint density at radius 2 is 1.39 bits per heavy atom. The molecule has 28 heteroatoms. The summed E-state index contributed by atoms with van der Waals surface area (Å²) in [4.78, 5) is 61.4. The van der Waals surface area contributed by atoms with E-state index in [0.29, 0.717) is 74.7 Å². The van der Waals surface area contributed by atoms with Crippen molar-refractivity contribution >= 4 is 29.8 Å². The van der Waals surface area contributed by atoms with Crippen LogP contribution in [0.3, 0.4) is 0 Å². The van der Waals surface area contributed by atoms with Crippen molar-refractivity contribution in [3.8, 4) is 23.1 Å². The van der Waals surface area contributed by atoms with Crippen LogP contribution in [0, 0.1) is 34.3 Å². The van der Waals surface area contributed by atoms with E-state index in [4.69, 9.17) is 4.74 Å². The van der Waals surface area contributed by atoms with Crippen molar-refractivity contribution in [1.29, 1.82) is 0 Å². The summed E-state index contributed by atoms with van der Waals surface area (Å²) in [6.45, 7) is -0.242. The summed E-state index contributed by atoms with van der Waals surface area (Å²) >= 11 is 0. The number of rotatable bonds is 21. The monoisotopic (exact) mass is 1140 g/mol. The molecule has 2 unspecified atom stereocenters. The lowest BCUT2D eigenvalue weighted by Crippen LogP contribution is -2.63. The minimum Gasteiger partial charge on any atom is -0.465 e. The number of alkyl carbamates (subject to hydrolysis) is 1. The predicted octanol–water partition coefficient (Wildman–Crippen LogP) is 6.78. The van der Waals surface area contributed by atoms with E-state index < -0.39 is 115 Å². The molecule has 2 saturated heterocycles.